The van der Waals surface area contributed by atoms with Crippen molar-refractivity contribution in [3.8, 4) is 0 Å². The molecule has 1 saturated heterocycles. The molecule has 0 radical (unpaired) electrons. The van der Waals surface area contributed by atoms with Crippen LogP contribution in [0.15, 0.2) is 5.38 Å². The maximum absolute atomic E-state index is 11.8. The molecule has 1 N–H and O–H groups in total. The van der Waals surface area contributed by atoms with Crippen LogP contribution in [0.2, 0.25) is 0 Å². The average molecular weight is 302 g/mol. The molecule has 7 heteroatoms. The lowest BCUT2D eigenvalue weighted by Crippen LogP contribution is -2.32. The van der Waals surface area contributed by atoms with Gasteiger partial charge in [-0.05, 0) is 19.8 Å². The quantitative estimate of drug-likeness (QED) is 0.821. The van der Waals surface area contributed by atoms with Gasteiger partial charge < -0.3 is 5.32 Å². The summed E-state index contributed by atoms with van der Waals surface area (Å²) in [6, 6.07) is 0. The van der Waals surface area contributed by atoms with Gasteiger partial charge in [-0.25, -0.2) is 13.4 Å². The third-order valence-electron chi connectivity index (χ3n) is 3.14. The molecule has 0 spiro atoms. The minimum absolute atomic E-state index is 0.00447. The van der Waals surface area contributed by atoms with E-state index in [-0.39, 0.29) is 23.3 Å². The first-order chi connectivity index (χ1) is 8.96. The number of sulfone groups is 1. The normalized spacial score (nSPS) is 21.4. The zero-order chi connectivity index (χ0) is 13.9. The third-order valence-corrected chi connectivity index (χ3v) is 5.93. The smallest absolute Gasteiger partial charge is 0.224 e. The van der Waals surface area contributed by atoms with E-state index in [0.29, 0.717) is 13.0 Å². The summed E-state index contributed by atoms with van der Waals surface area (Å²) in [5.41, 5.74) is 1.03. The highest BCUT2D eigenvalue weighted by Crippen LogP contribution is 2.18. The molecule has 0 aromatic carbocycles. The molecule has 1 aromatic rings. The van der Waals surface area contributed by atoms with Crippen LogP contribution in [-0.2, 0) is 21.1 Å². The maximum Gasteiger partial charge on any atom is 0.224 e. The molecular weight excluding hydrogens is 284 g/mol. The zero-order valence-electron chi connectivity index (χ0n) is 10.9. The number of nitrogens with one attached hydrogen (secondary N) is 1. The van der Waals surface area contributed by atoms with Crippen LogP contribution in [0.1, 0.15) is 23.5 Å². The van der Waals surface area contributed by atoms with Crippen molar-refractivity contribution < 1.29 is 13.2 Å². The Balaban J connectivity index is 1.67. The van der Waals surface area contributed by atoms with Crippen molar-refractivity contribution in [1.82, 2.24) is 10.3 Å². The van der Waals surface area contributed by atoms with Crippen LogP contribution in [0.5, 0.6) is 0 Å². The molecule has 0 bridgehead atoms. The van der Waals surface area contributed by atoms with Gasteiger partial charge in [0.1, 0.15) is 0 Å². The number of aromatic nitrogens is 1. The largest absolute Gasteiger partial charge is 0.356 e. The first-order valence-electron chi connectivity index (χ1n) is 6.35. The molecule has 1 aliphatic rings. The predicted molar refractivity (Wildman–Crippen MR) is 74.9 cm³/mol. The van der Waals surface area contributed by atoms with Gasteiger partial charge in [0, 0.05) is 24.0 Å². The molecule has 1 atom stereocenters. The van der Waals surface area contributed by atoms with Gasteiger partial charge in [0.15, 0.2) is 9.84 Å². The van der Waals surface area contributed by atoms with Crippen molar-refractivity contribution in [1.29, 1.82) is 0 Å². The second kappa shape index (κ2) is 6.00. The maximum atomic E-state index is 11.8. The van der Waals surface area contributed by atoms with Crippen LogP contribution in [-0.4, -0.2) is 37.4 Å². The van der Waals surface area contributed by atoms with Crippen LogP contribution >= 0.6 is 11.3 Å². The van der Waals surface area contributed by atoms with E-state index in [9.17, 15) is 13.2 Å². The number of nitrogens with zero attached hydrogens (tertiary/aromatic N) is 1. The Morgan fingerprint density at radius 3 is 2.95 bits per heavy atom. The van der Waals surface area contributed by atoms with Gasteiger partial charge in [0.2, 0.25) is 5.91 Å². The second-order valence-corrected chi connectivity index (χ2v) is 8.05. The Labute approximate surface area is 117 Å². The van der Waals surface area contributed by atoms with Crippen molar-refractivity contribution in [3.63, 3.8) is 0 Å². The van der Waals surface area contributed by atoms with E-state index < -0.39 is 9.84 Å². The van der Waals surface area contributed by atoms with Gasteiger partial charge in [-0.15, -0.1) is 11.3 Å². The SMILES string of the molecule is Cc1csc(CCCNC(=O)[C@H]2CCS(=O)(=O)C2)n1. The molecule has 0 unspecified atom stereocenters. The summed E-state index contributed by atoms with van der Waals surface area (Å²) in [6.07, 6.45) is 2.14. The van der Waals surface area contributed by atoms with Crippen molar-refractivity contribution in [2.24, 2.45) is 5.92 Å². The molecule has 2 heterocycles. The van der Waals surface area contributed by atoms with E-state index in [0.717, 1.165) is 23.5 Å². The van der Waals surface area contributed by atoms with Gasteiger partial charge in [-0.1, -0.05) is 0 Å². The van der Waals surface area contributed by atoms with Crippen molar-refractivity contribution in [2.45, 2.75) is 26.2 Å². The van der Waals surface area contributed by atoms with Crippen LogP contribution in [0, 0.1) is 12.8 Å². The minimum Gasteiger partial charge on any atom is -0.356 e. The number of aryl methyl sites for hydroxylation is 2. The Bertz CT molecular complexity index is 551. The Morgan fingerprint density at radius 2 is 2.37 bits per heavy atom. The lowest BCUT2D eigenvalue weighted by Gasteiger charge is -2.08. The minimum atomic E-state index is -2.98. The van der Waals surface area contributed by atoms with E-state index in [4.69, 9.17) is 0 Å². The van der Waals surface area contributed by atoms with Crippen LogP contribution in [0.3, 0.4) is 0 Å². The summed E-state index contributed by atoms with van der Waals surface area (Å²) in [5, 5.41) is 5.90. The summed E-state index contributed by atoms with van der Waals surface area (Å²) >= 11 is 1.63. The standard InChI is InChI=1S/C12H18N2O3S2/c1-9-7-18-11(14-9)3-2-5-13-12(15)10-4-6-19(16,17)8-10/h7,10H,2-6,8H2,1H3,(H,13,15)/t10-/m0/s1. The van der Waals surface area contributed by atoms with E-state index in [2.05, 4.69) is 10.3 Å². The van der Waals surface area contributed by atoms with Crippen molar-refractivity contribution in [2.75, 3.05) is 18.1 Å². The molecule has 1 fully saturated rings. The van der Waals surface area contributed by atoms with E-state index in [1.165, 1.54) is 0 Å². The zero-order valence-corrected chi connectivity index (χ0v) is 12.5. The number of amides is 1. The molecule has 0 aliphatic carbocycles. The second-order valence-electron chi connectivity index (χ2n) is 4.88. The lowest BCUT2D eigenvalue weighted by molar-refractivity contribution is -0.124. The Kier molecular flexibility index (Phi) is 4.57. The van der Waals surface area contributed by atoms with Gasteiger partial charge in [0.25, 0.3) is 0 Å². The summed E-state index contributed by atoms with van der Waals surface area (Å²) in [5.74, 6) is -0.336. The van der Waals surface area contributed by atoms with Crippen LogP contribution < -0.4 is 5.32 Å². The van der Waals surface area contributed by atoms with Crippen molar-refractivity contribution in [3.05, 3.63) is 16.1 Å². The summed E-state index contributed by atoms with van der Waals surface area (Å²) < 4.78 is 22.6. The fourth-order valence-electron chi connectivity index (χ4n) is 2.11. The summed E-state index contributed by atoms with van der Waals surface area (Å²) in [6.45, 7) is 2.54. The topological polar surface area (TPSA) is 76.1 Å². The number of carbonyl (C=O) groups is 1. The van der Waals surface area contributed by atoms with Gasteiger partial charge in [-0.2, -0.15) is 0 Å². The summed E-state index contributed by atoms with van der Waals surface area (Å²) in [4.78, 5) is 16.1. The van der Waals surface area contributed by atoms with Crippen LogP contribution in [0.25, 0.3) is 0 Å². The average Bonchev–Trinajstić information content (AvgIpc) is 2.90. The predicted octanol–water partition coefficient (Wildman–Crippen LogP) is 0.935. The Morgan fingerprint density at radius 1 is 1.58 bits per heavy atom. The molecule has 19 heavy (non-hydrogen) atoms. The van der Waals surface area contributed by atoms with Gasteiger partial charge >= 0.3 is 0 Å². The fraction of sp³-hybridized carbons (Fsp3) is 0.667. The number of hydrogen-bond acceptors (Lipinski definition) is 5. The van der Waals surface area contributed by atoms with E-state index >= 15 is 0 Å². The van der Waals surface area contributed by atoms with Gasteiger partial charge in [-0.3, -0.25) is 4.79 Å². The molecule has 5 nitrogen and oxygen atoms in total. The lowest BCUT2D eigenvalue weighted by atomic mass is 10.1. The molecule has 1 aliphatic heterocycles. The van der Waals surface area contributed by atoms with Crippen LogP contribution in [0.4, 0.5) is 0 Å². The van der Waals surface area contributed by atoms with E-state index in [1.807, 2.05) is 12.3 Å². The monoisotopic (exact) mass is 302 g/mol. The number of carbonyl (C=O) groups excluding carboxylic acids is 1. The molecule has 1 amide bonds. The molecule has 2 rings (SSSR count). The van der Waals surface area contributed by atoms with E-state index in [1.54, 1.807) is 11.3 Å². The number of hydrogen-bond donors (Lipinski definition) is 1. The highest BCUT2D eigenvalue weighted by Gasteiger charge is 2.32. The molecule has 0 saturated carbocycles. The molecule has 106 valence electrons. The highest BCUT2D eigenvalue weighted by molar-refractivity contribution is 7.91. The summed E-state index contributed by atoms with van der Waals surface area (Å²) in [7, 11) is -2.98. The third kappa shape index (κ3) is 4.28. The number of rotatable bonds is 5. The molecule has 1 aromatic heterocycles. The molecular formula is C12H18N2O3S2. The first-order valence-corrected chi connectivity index (χ1v) is 9.05. The van der Waals surface area contributed by atoms with Crippen molar-refractivity contribution >= 4 is 27.1 Å². The number of thiazole rings is 1. The van der Waals surface area contributed by atoms with Gasteiger partial charge in [0.05, 0.1) is 22.4 Å². The fourth-order valence-corrected chi connectivity index (χ4v) is 4.67. The highest BCUT2D eigenvalue weighted by atomic mass is 32.2. The Hall–Kier alpha value is -0.950. The first kappa shape index (κ1) is 14.5.